The molecule has 0 aromatic carbocycles. The van der Waals surface area contributed by atoms with Crippen molar-refractivity contribution >= 4 is 11.6 Å². The van der Waals surface area contributed by atoms with E-state index >= 15 is 0 Å². The summed E-state index contributed by atoms with van der Waals surface area (Å²) >= 11 is 6.08. The van der Waals surface area contributed by atoms with Crippen molar-refractivity contribution in [2.75, 3.05) is 5.88 Å². The van der Waals surface area contributed by atoms with Crippen molar-refractivity contribution < 1.29 is 0 Å². The number of alkyl halides is 1. The summed E-state index contributed by atoms with van der Waals surface area (Å²) in [6.07, 6.45) is 9.48. The first-order valence-corrected chi connectivity index (χ1v) is 6.66. The molecule has 14 heavy (non-hydrogen) atoms. The molecule has 0 N–H and O–H groups in total. The first kappa shape index (κ1) is 8.21. The standard InChI is InChI=1S/C13H17Cl/c14-6-10-4-9-5-11(10)13-8-2-1-7(3-8)12(9)13/h1-2,7-13H,3-6H2. The first-order chi connectivity index (χ1) is 6.88. The van der Waals surface area contributed by atoms with E-state index in [0.717, 1.165) is 47.3 Å². The smallest absolute Gasteiger partial charge is 0.0254 e. The van der Waals surface area contributed by atoms with E-state index in [1.54, 1.807) is 0 Å². The highest BCUT2D eigenvalue weighted by Gasteiger charge is 2.60. The Morgan fingerprint density at radius 3 is 2.57 bits per heavy atom. The fourth-order valence-electron chi connectivity index (χ4n) is 5.33. The van der Waals surface area contributed by atoms with Gasteiger partial charge in [-0.3, -0.25) is 0 Å². The lowest BCUT2D eigenvalue weighted by Crippen LogP contribution is -2.31. The Morgan fingerprint density at radius 2 is 1.79 bits per heavy atom. The molecule has 0 radical (unpaired) electrons. The zero-order valence-corrected chi connectivity index (χ0v) is 9.16. The van der Waals surface area contributed by atoms with Crippen LogP contribution >= 0.6 is 11.6 Å². The number of halogens is 1. The van der Waals surface area contributed by atoms with E-state index in [1.807, 2.05) is 0 Å². The normalized spacial score (nSPS) is 62.5. The van der Waals surface area contributed by atoms with Gasteiger partial charge in [0.15, 0.2) is 0 Å². The molecular weight excluding hydrogens is 192 g/mol. The summed E-state index contributed by atoms with van der Waals surface area (Å²) in [6, 6.07) is 0. The fourth-order valence-corrected chi connectivity index (χ4v) is 5.69. The van der Waals surface area contributed by atoms with Gasteiger partial charge in [-0.1, -0.05) is 12.2 Å². The average Bonchev–Trinajstić information content (AvgIpc) is 2.94. The van der Waals surface area contributed by atoms with Crippen LogP contribution in [0.1, 0.15) is 19.3 Å². The molecule has 0 saturated heterocycles. The molecule has 0 nitrogen and oxygen atoms in total. The monoisotopic (exact) mass is 208 g/mol. The van der Waals surface area contributed by atoms with Crippen LogP contribution in [0.2, 0.25) is 0 Å². The van der Waals surface area contributed by atoms with Crippen molar-refractivity contribution in [2.24, 2.45) is 41.4 Å². The quantitative estimate of drug-likeness (QED) is 0.352. The molecule has 0 aromatic rings. The maximum atomic E-state index is 6.08. The Morgan fingerprint density at radius 1 is 1.00 bits per heavy atom. The summed E-state index contributed by atoms with van der Waals surface area (Å²) in [5.41, 5.74) is 0. The highest BCUT2D eigenvalue weighted by Crippen LogP contribution is 2.66. The third-order valence-electron chi connectivity index (χ3n) is 5.61. The third-order valence-corrected chi connectivity index (χ3v) is 6.00. The Bertz CT molecular complexity index is 296. The summed E-state index contributed by atoms with van der Waals surface area (Å²) in [6.45, 7) is 0. The van der Waals surface area contributed by atoms with E-state index in [0.29, 0.717) is 0 Å². The third kappa shape index (κ3) is 0.790. The second kappa shape index (κ2) is 2.58. The number of hydrogen-bond donors (Lipinski definition) is 0. The minimum Gasteiger partial charge on any atom is -0.126 e. The Hall–Kier alpha value is 0.0300. The van der Waals surface area contributed by atoms with Gasteiger partial charge in [-0.25, -0.2) is 0 Å². The molecule has 3 saturated carbocycles. The van der Waals surface area contributed by atoms with Gasteiger partial charge in [-0.15, -0.1) is 11.6 Å². The first-order valence-electron chi connectivity index (χ1n) is 6.12. The molecule has 0 amide bonds. The SMILES string of the molecule is ClCC1CC2CC1C1C3C=CC(C3)C21. The summed E-state index contributed by atoms with van der Waals surface area (Å²) in [7, 11) is 0. The molecule has 7 unspecified atom stereocenters. The van der Waals surface area contributed by atoms with E-state index in [4.69, 9.17) is 11.6 Å². The molecule has 3 fully saturated rings. The van der Waals surface area contributed by atoms with Crippen LogP contribution in [-0.4, -0.2) is 5.88 Å². The topological polar surface area (TPSA) is 0 Å². The summed E-state index contributed by atoms with van der Waals surface area (Å²) in [5.74, 6) is 7.89. The van der Waals surface area contributed by atoms with Crippen molar-refractivity contribution in [1.82, 2.24) is 0 Å². The van der Waals surface area contributed by atoms with Gasteiger partial charge in [0.1, 0.15) is 0 Å². The van der Waals surface area contributed by atoms with Gasteiger partial charge in [0.05, 0.1) is 0 Å². The molecule has 0 aliphatic heterocycles. The van der Waals surface area contributed by atoms with Gasteiger partial charge < -0.3 is 0 Å². The van der Waals surface area contributed by atoms with E-state index in [9.17, 15) is 0 Å². The van der Waals surface area contributed by atoms with Crippen LogP contribution in [0.5, 0.6) is 0 Å². The number of fused-ring (bicyclic) bond motifs is 9. The van der Waals surface area contributed by atoms with Gasteiger partial charge >= 0.3 is 0 Å². The van der Waals surface area contributed by atoms with E-state index in [2.05, 4.69) is 12.2 Å². The Kier molecular flexibility index (Phi) is 1.51. The predicted molar refractivity (Wildman–Crippen MR) is 58.1 cm³/mol. The zero-order chi connectivity index (χ0) is 9.28. The van der Waals surface area contributed by atoms with Crippen LogP contribution in [-0.2, 0) is 0 Å². The summed E-state index contributed by atoms with van der Waals surface area (Å²) in [5, 5.41) is 0. The van der Waals surface area contributed by atoms with Gasteiger partial charge in [0, 0.05) is 5.88 Å². The van der Waals surface area contributed by atoms with Crippen molar-refractivity contribution in [2.45, 2.75) is 19.3 Å². The second-order valence-corrected chi connectivity index (χ2v) is 6.22. The Labute approximate surface area is 90.7 Å². The molecule has 4 aliphatic carbocycles. The largest absolute Gasteiger partial charge is 0.126 e. The Balaban J connectivity index is 1.72. The molecule has 0 heterocycles. The van der Waals surface area contributed by atoms with Crippen LogP contribution in [0, 0.1) is 41.4 Å². The van der Waals surface area contributed by atoms with Crippen LogP contribution < -0.4 is 0 Å². The maximum Gasteiger partial charge on any atom is 0.0254 e. The van der Waals surface area contributed by atoms with Crippen LogP contribution in [0.3, 0.4) is 0 Å². The minimum atomic E-state index is 0.871. The summed E-state index contributed by atoms with van der Waals surface area (Å²) < 4.78 is 0. The van der Waals surface area contributed by atoms with Crippen LogP contribution in [0.4, 0.5) is 0 Å². The number of rotatable bonds is 1. The molecular formula is C13H17Cl. The van der Waals surface area contributed by atoms with E-state index in [1.165, 1.54) is 19.3 Å². The van der Waals surface area contributed by atoms with Gasteiger partial charge in [0.25, 0.3) is 0 Å². The highest BCUT2D eigenvalue weighted by atomic mass is 35.5. The van der Waals surface area contributed by atoms with Crippen LogP contribution in [0.15, 0.2) is 12.2 Å². The average molecular weight is 209 g/mol. The fraction of sp³-hybridized carbons (Fsp3) is 0.846. The molecule has 1 heteroatoms. The second-order valence-electron chi connectivity index (χ2n) is 5.91. The molecule has 7 atom stereocenters. The molecule has 4 aliphatic rings. The lowest BCUT2D eigenvalue weighted by Gasteiger charge is -2.35. The van der Waals surface area contributed by atoms with Gasteiger partial charge in [0.2, 0.25) is 0 Å². The number of hydrogen-bond acceptors (Lipinski definition) is 0. The molecule has 4 bridgehead atoms. The van der Waals surface area contributed by atoms with Gasteiger partial charge in [-0.05, 0) is 60.7 Å². The van der Waals surface area contributed by atoms with Crippen molar-refractivity contribution in [1.29, 1.82) is 0 Å². The predicted octanol–water partition coefficient (Wildman–Crippen LogP) is 3.32. The van der Waals surface area contributed by atoms with Crippen LogP contribution in [0.25, 0.3) is 0 Å². The van der Waals surface area contributed by atoms with Crippen molar-refractivity contribution in [3.63, 3.8) is 0 Å². The number of allylic oxidation sites excluding steroid dienone is 2. The zero-order valence-electron chi connectivity index (χ0n) is 8.40. The van der Waals surface area contributed by atoms with Gasteiger partial charge in [-0.2, -0.15) is 0 Å². The maximum absolute atomic E-state index is 6.08. The van der Waals surface area contributed by atoms with Crippen molar-refractivity contribution in [3.05, 3.63) is 12.2 Å². The molecule has 4 rings (SSSR count). The molecule has 0 spiro atoms. The molecule has 0 aromatic heterocycles. The highest BCUT2D eigenvalue weighted by molar-refractivity contribution is 6.18. The molecule has 76 valence electrons. The lowest BCUT2D eigenvalue weighted by molar-refractivity contribution is 0.161. The minimum absolute atomic E-state index is 0.871. The lowest BCUT2D eigenvalue weighted by atomic mass is 9.70. The summed E-state index contributed by atoms with van der Waals surface area (Å²) in [4.78, 5) is 0. The van der Waals surface area contributed by atoms with Crippen molar-refractivity contribution in [3.8, 4) is 0 Å². The van der Waals surface area contributed by atoms with E-state index < -0.39 is 0 Å². The van der Waals surface area contributed by atoms with E-state index in [-0.39, 0.29) is 0 Å².